The fourth-order valence-corrected chi connectivity index (χ4v) is 2.81. The highest BCUT2D eigenvalue weighted by Crippen LogP contribution is 2.21. The second-order valence-electron chi connectivity index (χ2n) is 6.57. The van der Waals surface area contributed by atoms with E-state index in [1.807, 2.05) is 45.0 Å². The fourth-order valence-electron chi connectivity index (χ4n) is 2.81. The highest BCUT2D eigenvalue weighted by Gasteiger charge is 2.24. The van der Waals surface area contributed by atoms with Crippen LogP contribution in [0, 0.1) is 12.8 Å². The van der Waals surface area contributed by atoms with Crippen LogP contribution in [0.2, 0.25) is 0 Å². The quantitative estimate of drug-likeness (QED) is 0.867. The van der Waals surface area contributed by atoms with Gasteiger partial charge in [0.25, 0.3) is 0 Å². The van der Waals surface area contributed by atoms with Crippen LogP contribution in [0.4, 0.5) is 10.6 Å². The van der Waals surface area contributed by atoms with Gasteiger partial charge in [-0.1, -0.05) is 26.0 Å². The topological polar surface area (TPSA) is 58.6 Å². The second-order valence-corrected chi connectivity index (χ2v) is 6.57. The molecule has 0 radical (unpaired) electrons. The van der Waals surface area contributed by atoms with E-state index in [0.717, 1.165) is 35.6 Å². The number of nitrogens with zero attached hydrogens (tertiary/aromatic N) is 4. The van der Waals surface area contributed by atoms with Crippen molar-refractivity contribution in [2.75, 3.05) is 37.7 Å². The normalized spacial score (nSPS) is 15.2. The number of fused-ring (bicyclic) bond motifs is 1. The van der Waals surface area contributed by atoms with Crippen molar-refractivity contribution >= 4 is 22.9 Å². The number of ether oxygens (including phenoxy) is 1. The molecule has 128 valence electrons. The van der Waals surface area contributed by atoms with Crippen LogP contribution in [0.15, 0.2) is 24.3 Å². The molecule has 0 bridgehead atoms. The van der Waals surface area contributed by atoms with Gasteiger partial charge in [0.2, 0.25) is 0 Å². The fraction of sp³-hybridized carbons (Fsp3) is 0.500. The van der Waals surface area contributed by atoms with Gasteiger partial charge in [-0.3, -0.25) is 0 Å². The van der Waals surface area contributed by atoms with E-state index in [2.05, 4.69) is 9.88 Å². The molecular formula is C18H24N4O2. The number of aromatic nitrogens is 2. The van der Waals surface area contributed by atoms with E-state index in [9.17, 15) is 4.79 Å². The summed E-state index contributed by atoms with van der Waals surface area (Å²) in [4.78, 5) is 25.4. The van der Waals surface area contributed by atoms with Crippen LogP contribution in [0.5, 0.6) is 0 Å². The maximum absolute atomic E-state index is 12.0. The van der Waals surface area contributed by atoms with Crippen LogP contribution < -0.4 is 4.90 Å². The van der Waals surface area contributed by atoms with E-state index in [1.165, 1.54) is 0 Å². The summed E-state index contributed by atoms with van der Waals surface area (Å²) in [6.07, 6.45) is -0.218. The number of hydrogen-bond donors (Lipinski definition) is 0. The van der Waals surface area contributed by atoms with Crippen LogP contribution >= 0.6 is 0 Å². The van der Waals surface area contributed by atoms with Gasteiger partial charge in [0.15, 0.2) is 5.82 Å². The molecule has 0 saturated carbocycles. The number of carbonyl (C=O) groups is 1. The summed E-state index contributed by atoms with van der Waals surface area (Å²) in [5, 5.41) is 0. The van der Waals surface area contributed by atoms with E-state index in [-0.39, 0.29) is 6.09 Å². The van der Waals surface area contributed by atoms with Gasteiger partial charge in [0.1, 0.15) is 0 Å². The lowest BCUT2D eigenvalue weighted by molar-refractivity contribution is 0.0901. The molecule has 0 atom stereocenters. The third kappa shape index (κ3) is 3.58. The number of para-hydroxylation sites is 2. The Hall–Kier alpha value is -2.37. The number of amides is 1. The Balaban J connectivity index is 1.66. The maximum Gasteiger partial charge on any atom is 0.409 e. The maximum atomic E-state index is 12.0. The van der Waals surface area contributed by atoms with Crippen molar-refractivity contribution < 1.29 is 9.53 Å². The van der Waals surface area contributed by atoms with Gasteiger partial charge in [0.05, 0.1) is 23.3 Å². The van der Waals surface area contributed by atoms with Gasteiger partial charge < -0.3 is 14.5 Å². The Bertz CT molecular complexity index is 724. The van der Waals surface area contributed by atoms with Crippen molar-refractivity contribution in [3.63, 3.8) is 0 Å². The Kier molecular flexibility index (Phi) is 4.83. The highest BCUT2D eigenvalue weighted by molar-refractivity contribution is 5.76. The molecule has 6 nitrogen and oxygen atoms in total. The van der Waals surface area contributed by atoms with Gasteiger partial charge in [0, 0.05) is 26.2 Å². The van der Waals surface area contributed by atoms with E-state index < -0.39 is 0 Å². The molecule has 0 N–H and O–H groups in total. The SMILES string of the molecule is Cc1nc2ccccc2nc1N1CCN(C(=O)OCC(C)C)CC1. The van der Waals surface area contributed by atoms with Crippen LogP contribution in [-0.4, -0.2) is 53.7 Å². The third-order valence-electron chi connectivity index (χ3n) is 4.10. The summed E-state index contributed by atoms with van der Waals surface area (Å²) < 4.78 is 5.31. The van der Waals surface area contributed by atoms with Crippen molar-refractivity contribution in [1.29, 1.82) is 0 Å². The first kappa shape index (κ1) is 16.5. The summed E-state index contributed by atoms with van der Waals surface area (Å²) in [7, 11) is 0. The minimum atomic E-state index is -0.218. The molecule has 0 unspecified atom stereocenters. The summed E-state index contributed by atoms with van der Waals surface area (Å²) in [6, 6.07) is 7.89. The lowest BCUT2D eigenvalue weighted by Gasteiger charge is -2.35. The third-order valence-corrected chi connectivity index (χ3v) is 4.10. The highest BCUT2D eigenvalue weighted by atomic mass is 16.6. The van der Waals surface area contributed by atoms with Gasteiger partial charge in [-0.15, -0.1) is 0 Å². The minimum Gasteiger partial charge on any atom is -0.449 e. The van der Waals surface area contributed by atoms with Crippen LogP contribution in [-0.2, 0) is 4.74 Å². The summed E-state index contributed by atoms with van der Waals surface area (Å²) >= 11 is 0. The monoisotopic (exact) mass is 328 g/mol. The van der Waals surface area contributed by atoms with Gasteiger partial charge >= 0.3 is 6.09 Å². The molecule has 3 rings (SSSR count). The van der Waals surface area contributed by atoms with Crippen molar-refractivity contribution in [2.24, 2.45) is 5.92 Å². The van der Waals surface area contributed by atoms with Crippen LogP contribution in [0.25, 0.3) is 11.0 Å². The molecule has 1 saturated heterocycles. The van der Waals surface area contributed by atoms with Gasteiger partial charge in [-0.05, 0) is 25.0 Å². The lowest BCUT2D eigenvalue weighted by atomic mass is 10.2. The zero-order valence-electron chi connectivity index (χ0n) is 14.5. The van der Waals surface area contributed by atoms with E-state index in [0.29, 0.717) is 25.6 Å². The first-order valence-corrected chi connectivity index (χ1v) is 8.44. The van der Waals surface area contributed by atoms with E-state index in [4.69, 9.17) is 9.72 Å². The Morgan fingerprint density at radius 2 is 1.75 bits per heavy atom. The Morgan fingerprint density at radius 1 is 1.12 bits per heavy atom. The molecule has 24 heavy (non-hydrogen) atoms. The molecule has 1 aromatic carbocycles. The zero-order valence-corrected chi connectivity index (χ0v) is 14.5. The lowest BCUT2D eigenvalue weighted by Crippen LogP contribution is -2.49. The predicted octanol–water partition coefficient (Wildman–Crippen LogP) is 2.85. The first-order chi connectivity index (χ1) is 11.5. The molecule has 0 spiro atoms. The summed E-state index contributed by atoms with van der Waals surface area (Å²) in [5.74, 6) is 1.26. The Morgan fingerprint density at radius 3 is 2.38 bits per heavy atom. The molecule has 2 heterocycles. The largest absolute Gasteiger partial charge is 0.449 e. The molecule has 1 aliphatic rings. The van der Waals surface area contributed by atoms with Crippen molar-refractivity contribution in [3.8, 4) is 0 Å². The number of anilines is 1. The summed E-state index contributed by atoms with van der Waals surface area (Å²) in [5.41, 5.74) is 2.73. The number of hydrogen-bond acceptors (Lipinski definition) is 5. The molecule has 1 fully saturated rings. The van der Waals surface area contributed by atoms with Crippen molar-refractivity contribution in [3.05, 3.63) is 30.0 Å². The molecule has 1 amide bonds. The average Bonchev–Trinajstić information content (AvgIpc) is 2.59. The number of aryl methyl sites for hydroxylation is 1. The molecule has 0 aliphatic carbocycles. The number of rotatable bonds is 3. The van der Waals surface area contributed by atoms with Gasteiger partial charge in [-0.2, -0.15) is 0 Å². The average molecular weight is 328 g/mol. The summed E-state index contributed by atoms with van der Waals surface area (Å²) in [6.45, 7) is 9.29. The molecule has 1 aromatic heterocycles. The number of carbonyl (C=O) groups excluding carboxylic acids is 1. The van der Waals surface area contributed by atoms with Crippen LogP contribution in [0.3, 0.4) is 0 Å². The second kappa shape index (κ2) is 7.03. The molecule has 2 aromatic rings. The van der Waals surface area contributed by atoms with E-state index in [1.54, 1.807) is 4.90 Å². The zero-order chi connectivity index (χ0) is 17.1. The number of benzene rings is 1. The Labute approximate surface area is 142 Å². The predicted molar refractivity (Wildman–Crippen MR) is 94.2 cm³/mol. The smallest absolute Gasteiger partial charge is 0.409 e. The minimum absolute atomic E-state index is 0.218. The van der Waals surface area contributed by atoms with Crippen molar-refractivity contribution in [2.45, 2.75) is 20.8 Å². The number of piperazine rings is 1. The van der Waals surface area contributed by atoms with Crippen LogP contribution in [0.1, 0.15) is 19.5 Å². The molecule has 1 aliphatic heterocycles. The molecule has 6 heteroatoms. The molecular weight excluding hydrogens is 304 g/mol. The standard InChI is InChI=1S/C18H24N4O2/c1-13(2)12-24-18(23)22-10-8-21(9-11-22)17-14(3)19-15-6-4-5-7-16(15)20-17/h4-7,13H,8-12H2,1-3H3. The first-order valence-electron chi connectivity index (χ1n) is 8.44. The van der Waals surface area contributed by atoms with E-state index >= 15 is 0 Å². The van der Waals surface area contributed by atoms with Gasteiger partial charge in [-0.25, -0.2) is 14.8 Å². The van der Waals surface area contributed by atoms with Crippen molar-refractivity contribution in [1.82, 2.24) is 14.9 Å².